The molecule has 1 rings (SSSR count). The zero-order valence-electron chi connectivity index (χ0n) is 14.0. The first kappa shape index (κ1) is 18.5. The molecule has 0 saturated carbocycles. The van der Waals surface area contributed by atoms with Gasteiger partial charge in [0.1, 0.15) is 11.4 Å². The monoisotopic (exact) mass is 304 g/mol. The molecule has 0 aliphatic carbocycles. The number of unbranched alkanes of at least 4 members (excludes halogenated alkanes) is 4. The number of ether oxygens (including phenoxy) is 2. The average Bonchev–Trinajstić information content (AvgIpc) is 2.48. The molecule has 1 aromatic carbocycles. The summed E-state index contributed by atoms with van der Waals surface area (Å²) in [4.78, 5) is 0. The Hall–Kier alpha value is -1.50. The Morgan fingerprint density at radius 2 is 1.55 bits per heavy atom. The van der Waals surface area contributed by atoms with Crippen LogP contribution in [-0.2, 0) is 4.74 Å². The molecule has 1 aromatic rings. The molecule has 0 heterocycles. The fourth-order valence-corrected chi connectivity index (χ4v) is 1.93. The number of methoxy groups -OCH3 is 1. The molecule has 0 atom stereocenters. The van der Waals surface area contributed by atoms with Gasteiger partial charge < -0.3 is 14.6 Å². The smallest absolute Gasteiger partial charge is 0.120 e. The van der Waals surface area contributed by atoms with Crippen molar-refractivity contribution in [3.05, 3.63) is 29.8 Å². The molecule has 0 aliphatic heterocycles. The van der Waals surface area contributed by atoms with Gasteiger partial charge in [-0.1, -0.05) is 31.1 Å². The van der Waals surface area contributed by atoms with E-state index in [0.717, 1.165) is 37.4 Å². The zero-order valence-corrected chi connectivity index (χ0v) is 14.0. The molecule has 0 amide bonds. The minimum absolute atomic E-state index is 0.749. The highest BCUT2D eigenvalue weighted by molar-refractivity contribution is 5.39. The maximum Gasteiger partial charge on any atom is 0.120 e. The number of hydrogen-bond donors (Lipinski definition) is 1. The molecule has 0 saturated heterocycles. The second kappa shape index (κ2) is 10.3. The third kappa shape index (κ3) is 9.44. The van der Waals surface area contributed by atoms with Crippen LogP contribution in [0.25, 0.3) is 0 Å². The van der Waals surface area contributed by atoms with Crippen LogP contribution >= 0.6 is 0 Å². The van der Waals surface area contributed by atoms with Gasteiger partial charge in [-0.2, -0.15) is 0 Å². The Balaban J connectivity index is 2.20. The minimum Gasteiger partial charge on any atom is -0.494 e. The molecular weight excluding hydrogens is 276 g/mol. The van der Waals surface area contributed by atoms with Gasteiger partial charge in [0, 0.05) is 19.3 Å². The molecule has 0 unspecified atom stereocenters. The summed E-state index contributed by atoms with van der Waals surface area (Å²) in [6, 6.07) is 7.68. The average molecular weight is 304 g/mol. The fraction of sp³-hybridized carbons (Fsp3) is 0.579. The highest BCUT2D eigenvalue weighted by Gasteiger charge is 2.05. The largest absolute Gasteiger partial charge is 0.494 e. The van der Waals surface area contributed by atoms with Crippen LogP contribution in [0.5, 0.6) is 5.75 Å². The van der Waals surface area contributed by atoms with E-state index in [9.17, 15) is 5.11 Å². The van der Waals surface area contributed by atoms with E-state index in [4.69, 9.17) is 9.47 Å². The molecule has 3 heteroatoms. The van der Waals surface area contributed by atoms with Crippen LogP contribution in [-0.4, -0.2) is 31.0 Å². The van der Waals surface area contributed by atoms with E-state index in [1.165, 1.54) is 19.3 Å². The van der Waals surface area contributed by atoms with Gasteiger partial charge in [0.25, 0.3) is 0 Å². The maximum absolute atomic E-state index is 9.56. The molecule has 0 fully saturated rings. The maximum atomic E-state index is 9.56. The van der Waals surface area contributed by atoms with Crippen molar-refractivity contribution in [1.29, 1.82) is 0 Å². The molecule has 0 aromatic heterocycles. The quantitative estimate of drug-likeness (QED) is 0.557. The van der Waals surface area contributed by atoms with Crippen molar-refractivity contribution in [3.63, 3.8) is 0 Å². The third-order valence-corrected chi connectivity index (χ3v) is 3.13. The molecule has 0 radical (unpaired) electrons. The third-order valence-electron chi connectivity index (χ3n) is 3.13. The molecule has 122 valence electrons. The number of aliphatic hydroxyl groups is 1. The van der Waals surface area contributed by atoms with Gasteiger partial charge in [-0.3, -0.25) is 0 Å². The number of hydrogen-bond acceptors (Lipinski definition) is 3. The van der Waals surface area contributed by atoms with Gasteiger partial charge in [0.05, 0.1) is 6.61 Å². The first-order chi connectivity index (χ1) is 10.5. The van der Waals surface area contributed by atoms with Gasteiger partial charge in [-0.15, -0.1) is 0 Å². The van der Waals surface area contributed by atoms with E-state index in [0.29, 0.717) is 0 Å². The highest BCUT2D eigenvalue weighted by Crippen LogP contribution is 2.13. The molecule has 1 N–H and O–H groups in total. The van der Waals surface area contributed by atoms with Crippen molar-refractivity contribution in [2.45, 2.75) is 51.6 Å². The van der Waals surface area contributed by atoms with Crippen LogP contribution in [0.3, 0.4) is 0 Å². The predicted octanol–water partition coefficient (Wildman–Crippen LogP) is 3.78. The lowest BCUT2D eigenvalue weighted by Gasteiger charge is -2.07. The Bertz CT molecular complexity index is 460. The summed E-state index contributed by atoms with van der Waals surface area (Å²) in [6.07, 6.45) is 5.87. The zero-order chi connectivity index (χ0) is 16.3. The predicted molar refractivity (Wildman–Crippen MR) is 90.1 cm³/mol. The Morgan fingerprint density at radius 3 is 2.14 bits per heavy atom. The van der Waals surface area contributed by atoms with Crippen LogP contribution < -0.4 is 4.74 Å². The Kier molecular flexibility index (Phi) is 8.65. The summed E-state index contributed by atoms with van der Waals surface area (Å²) in [5, 5.41) is 9.56. The summed E-state index contributed by atoms with van der Waals surface area (Å²) in [7, 11) is 1.75. The summed E-state index contributed by atoms with van der Waals surface area (Å²) in [6.45, 7) is 4.96. The van der Waals surface area contributed by atoms with Gasteiger partial charge in [-0.25, -0.2) is 0 Å². The summed E-state index contributed by atoms with van der Waals surface area (Å²) < 4.78 is 10.7. The van der Waals surface area contributed by atoms with Crippen LogP contribution in [0.2, 0.25) is 0 Å². The summed E-state index contributed by atoms with van der Waals surface area (Å²) >= 11 is 0. The molecule has 3 nitrogen and oxygen atoms in total. The van der Waals surface area contributed by atoms with Crippen molar-refractivity contribution >= 4 is 0 Å². The second-order valence-electron chi connectivity index (χ2n) is 5.94. The van der Waals surface area contributed by atoms with E-state index in [-0.39, 0.29) is 0 Å². The van der Waals surface area contributed by atoms with Crippen molar-refractivity contribution in [2.75, 3.05) is 20.3 Å². The van der Waals surface area contributed by atoms with Gasteiger partial charge in [-0.05, 0) is 51.0 Å². The van der Waals surface area contributed by atoms with Crippen LogP contribution in [0.15, 0.2) is 24.3 Å². The van der Waals surface area contributed by atoms with Crippen molar-refractivity contribution < 1.29 is 14.6 Å². The first-order valence-corrected chi connectivity index (χ1v) is 7.98. The van der Waals surface area contributed by atoms with E-state index in [1.54, 1.807) is 21.0 Å². The summed E-state index contributed by atoms with van der Waals surface area (Å²) in [5.74, 6) is 6.61. The Labute approximate surface area is 134 Å². The normalized spacial score (nSPS) is 10.9. The van der Waals surface area contributed by atoms with Crippen molar-refractivity contribution in [3.8, 4) is 17.6 Å². The topological polar surface area (TPSA) is 38.7 Å². The summed E-state index contributed by atoms with van der Waals surface area (Å²) in [5.41, 5.74) is -0.0778. The van der Waals surface area contributed by atoms with Crippen LogP contribution in [0, 0.1) is 11.8 Å². The van der Waals surface area contributed by atoms with Gasteiger partial charge in [0.2, 0.25) is 0 Å². The van der Waals surface area contributed by atoms with E-state index < -0.39 is 5.60 Å². The highest BCUT2D eigenvalue weighted by atomic mass is 16.5. The molecule has 0 spiro atoms. The lowest BCUT2D eigenvalue weighted by molar-refractivity contribution is 0.143. The lowest BCUT2D eigenvalue weighted by atomic mass is 10.1. The lowest BCUT2D eigenvalue weighted by Crippen LogP contribution is -2.14. The molecule has 22 heavy (non-hydrogen) atoms. The van der Waals surface area contributed by atoms with Gasteiger partial charge >= 0.3 is 0 Å². The second-order valence-corrected chi connectivity index (χ2v) is 5.94. The van der Waals surface area contributed by atoms with E-state index >= 15 is 0 Å². The van der Waals surface area contributed by atoms with Crippen molar-refractivity contribution in [1.82, 2.24) is 0 Å². The molecule has 0 bridgehead atoms. The van der Waals surface area contributed by atoms with E-state index in [2.05, 4.69) is 11.8 Å². The van der Waals surface area contributed by atoms with Crippen LogP contribution in [0.1, 0.15) is 51.5 Å². The SMILES string of the molecule is COCCCCCCCOc1ccc(C#CC(C)(C)O)cc1. The Morgan fingerprint density at radius 1 is 0.955 bits per heavy atom. The van der Waals surface area contributed by atoms with Crippen LogP contribution in [0.4, 0.5) is 0 Å². The fourth-order valence-electron chi connectivity index (χ4n) is 1.93. The number of benzene rings is 1. The molecular formula is C19H28O3. The first-order valence-electron chi connectivity index (χ1n) is 7.98. The standard InChI is InChI=1S/C19H28O3/c1-19(2,20)14-13-17-9-11-18(12-10-17)22-16-8-6-4-5-7-15-21-3/h9-12,20H,4-8,15-16H2,1-3H3. The molecule has 0 aliphatic rings. The van der Waals surface area contributed by atoms with Crippen molar-refractivity contribution in [2.24, 2.45) is 0 Å². The minimum atomic E-state index is -0.960. The number of rotatable bonds is 9. The van der Waals surface area contributed by atoms with E-state index in [1.807, 2.05) is 24.3 Å². The van der Waals surface area contributed by atoms with Gasteiger partial charge in [0.15, 0.2) is 0 Å².